The zero-order valence-electron chi connectivity index (χ0n) is 11.5. The molecule has 0 bridgehead atoms. The zero-order chi connectivity index (χ0) is 14.9. The molecule has 6 heteroatoms. The molecule has 0 aliphatic carbocycles. The summed E-state index contributed by atoms with van der Waals surface area (Å²) in [5.41, 5.74) is -0.242. The van der Waals surface area contributed by atoms with Crippen molar-refractivity contribution in [3.05, 3.63) is 28.8 Å². The fourth-order valence-electron chi connectivity index (χ4n) is 2.04. The van der Waals surface area contributed by atoms with Crippen molar-refractivity contribution >= 4 is 35.4 Å². The number of benzene rings is 1. The van der Waals surface area contributed by atoms with Crippen molar-refractivity contribution in [2.75, 3.05) is 18.6 Å². The number of benzodiazepines with no additional fused rings is 1. The fraction of sp³-hybridized carbons (Fsp3) is 0.357. The zero-order valence-corrected chi connectivity index (χ0v) is 12.3. The average Bonchev–Trinajstić information content (AvgIpc) is 2.51. The molecule has 0 saturated carbocycles. The minimum absolute atomic E-state index is 0.194. The first-order valence-corrected chi connectivity index (χ1v) is 6.58. The minimum Gasteiger partial charge on any atom is -0.464 e. The summed E-state index contributed by atoms with van der Waals surface area (Å²) in [7, 11) is 1.60. The molecule has 0 aromatic heterocycles. The van der Waals surface area contributed by atoms with Crippen LogP contribution in [-0.4, -0.2) is 37.3 Å². The van der Waals surface area contributed by atoms with Crippen molar-refractivity contribution in [2.24, 2.45) is 4.99 Å². The van der Waals surface area contributed by atoms with Crippen molar-refractivity contribution in [1.82, 2.24) is 0 Å². The highest BCUT2D eigenvalue weighted by Crippen LogP contribution is 2.29. The van der Waals surface area contributed by atoms with Gasteiger partial charge in [0.25, 0.3) is 5.91 Å². The van der Waals surface area contributed by atoms with Gasteiger partial charge < -0.3 is 9.64 Å². The van der Waals surface area contributed by atoms with E-state index < -0.39 is 17.4 Å². The van der Waals surface area contributed by atoms with Crippen LogP contribution in [0.1, 0.15) is 19.4 Å². The Kier molecular flexibility index (Phi) is 3.81. The summed E-state index contributed by atoms with van der Waals surface area (Å²) in [4.78, 5) is 30.1. The molecule has 0 radical (unpaired) electrons. The Morgan fingerprint density at radius 3 is 2.85 bits per heavy atom. The SMILES string of the molecule is CCOC(=O)[C@@]1(C)N=Cc2cc(Cl)ccc2N(C)C1=O. The number of rotatable bonds is 2. The van der Waals surface area contributed by atoms with Gasteiger partial charge in [-0.1, -0.05) is 11.6 Å². The molecule has 5 nitrogen and oxygen atoms in total. The molecule has 0 saturated heterocycles. The number of hydrogen-bond acceptors (Lipinski definition) is 4. The van der Waals surface area contributed by atoms with E-state index in [4.69, 9.17) is 16.3 Å². The minimum atomic E-state index is -1.57. The van der Waals surface area contributed by atoms with E-state index in [-0.39, 0.29) is 6.61 Å². The van der Waals surface area contributed by atoms with Crippen LogP contribution < -0.4 is 4.90 Å². The number of carbonyl (C=O) groups excluding carboxylic acids is 2. The largest absolute Gasteiger partial charge is 0.464 e. The van der Waals surface area contributed by atoms with E-state index in [9.17, 15) is 9.59 Å². The van der Waals surface area contributed by atoms with E-state index in [0.717, 1.165) is 0 Å². The van der Waals surface area contributed by atoms with Gasteiger partial charge in [-0.05, 0) is 32.0 Å². The summed E-state index contributed by atoms with van der Waals surface area (Å²) in [5, 5.41) is 0.538. The van der Waals surface area contributed by atoms with Crippen LogP contribution >= 0.6 is 11.6 Å². The number of amides is 1. The van der Waals surface area contributed by atoms with Gasteiger partial charge in [0.05, 0.1) is 12.3 Å². The number of ether oxygens (including phenoxy) is 1. The van der Waals surface area contributed by atoms with E-state index >= 15 is 0 Å². The number of aliphatic imine (C=N–C) groups is 1. The molecule has 0 unspecified atom stereocenters. The lowest BCUT2D eigenvalue weighted by molar-refractivity contribution is -0.152. The Bertz CT molecular complexity index is 600. The molecule has 1 heterocycles. The van der Waals surface area contributed by atoms with E-state index in [1.807, 2.05) is 0 Å². The summed E-state index contributed by atoms with van der Waals surface area (Å²) in [6, 6.07) is 5.10. The van der Waals surface area contributed by atoms with Crippen LogP contribution in [0, 0.1) is 0 Å². The van der Waals surface area contributed by atoms with Crippen LogP contribution in [0.3, 0.4) is 0 Å². The van der Waals surface area contributed by atoms with Gasteiger partial charge in [-0.25, -0.2) is 4.79 Å². The summed E-state index contributed by atoms with van der Waals surface area (Å²) in [6.45, 7) is 3.33. The Morgan fingerprint density at radius 1 is 1.50 bits per heavy atom. The van der Waals surface area contributed by atoms with Crippen molar-refractivity contribution in [3.63, 3.8) is 0 Å². The molecule has 1 aromatic rings. The highest BCUT2D eigenvalue weighted by molar-refractivity contribution is 6.31. The molecule has 1 amide bonds. The smallest absolute Gasteiger partial charge is 0.343 e. The first-order valence-electron chi connectivity index (χ1n) is 6.20. The number of esters is 1. The number of fused-ring (bicyclic) bond motifs is 1. The maximum absolute atomic E-state index is 12.5. The van der Waals surface area contributed by atoms with Crippen LogP contribution in [0.25, 0.3) is 0 Å². The highest BCUT2D eigenvalue weighted by Gasteiger charge is 2.45. The predicted octanol–water partition coefficient (Wildman–Crippen LogP) is 2.06. The summed E-state index contributed by atoms with van der Waals surface area (Å²) in [5.74, 6) is -1.10. The van der Waals surface area contributed by atoms with E-state index in [0.29, 0.717) is 16.3 Å². The first-order chi connectivity index (χ1) is 9.40. The maximum atomic E-state index is 12.5. The van der Waals surface area contributed by atoms with Crippen molar-refractivity contribution in [3.8, 4) is 0 Å². The number of carbonyl (C=O) groups is 2. The molecule has 0 N–H and O–H groups in total. The summed E-state index contributed by atoms with van der Waals surface area (Å²) >= 11 is 5.94. The van der Waals surface area contributed by atoms with E-state index in [2.05, 4.69) is 4.99 Å². The van der Waals surface area contributed by atoms with Gasteiger partial charge in [-0.2, -0.15) is 0 Å². The third kappa shape index (κ3) is 2.29. The lowest BCUT2D eigenvalue weighted by atomic mass is 10.0. The monoisotopic (exact) mass is 294 g/mol. The van der Waals surface area contributed by atoms with Gasteiger partial charge >= 0.3 is 5.97 Å². The van der Waals surface area contributed by atoms with Crippen LogP contribution in [0.15, 0.2) is 23.2 Å². The third-order valence-corrected chi connectivity index (χ3v) is 3.44. The molecule has 20 heavy (non-hydrogen) atoms. The van der Waals surface area contributed by atoms with Crippen molar-refractivity contribution < 1.29 is 14.3 Å². The van der Waals surface area contributed by atoms with Gasteiger partial charge in [0, 0.05) is 23.8 Å². The van der Waals surface area contributed by atoms with Crippen molar-refractivity contribution in [1.29, 1.82) is 0 Å². The average molecular weight is 295 g/mol. The molecular formula is C14H15ClN2O3. The maximum Gasteiger partial charge on any atom is 0.343 e. The van der Waals surface area contributed by atoms with Crippen LogP contribution in [0.4, 0.5) is 5.69 Å². The number of halogens is 1. The van der Waals surface area contributed by atoms with E-state index in [1.165, 1.54) is 18.0 Å². The van der Waals surface area contributed by atoms with Crippen LogP contribution in [0.5, 0.6) is 0 Å². The number of likely N-dealkylation sites (N-methyl/N-ethyl adjacent to an activating group) is 1. The molecule has 106 valence electrons. The number of nitrogens with zero attached hydrogens (tertiary/aromatic N) is 2. The fourth-order valence-corrected chi connectivity index (χ4v) is 2.22. The number of anilines is 1. The Labute approximate surface area is 122 Å². The Hall–Kier alpha value is -1.88. The molecule has 1 aliphatic heterocycles. The summed E-state index contributed by atoms with van der Waals surface area (Å²) in [6.07, 6.45) is 1.49. The second kappa shape index (κ2) is 5.25. The Balaban J connectivity index is 2.51. The van der Waals surface area contributed by atoms with Gasteiger partial charge in [-0.15, -0.1) is 0 Å². The third-order valence-electron chi connectivity index (χ3n) is 3.21. The first kappa shape index (κ1) is 14.5. The van der Waals surface area contributed by atoms with Gasteiger partial charge in [0.1, 0.15) is 0 Å². The number of hydrogen-bond donors (Lipinski definition) is 0. The standard InChI is InChI=1S/C14H15ClN2O3/c1-4-20-13(19)14(2)12(18)17(3)11-6-5-10(15)7-9(11)8-16-14/h5-8H,4H2,1-3H3/t14-/m0/s1. The molecular weight excluding hydrogens is 280 g/mol. The quantitative estimate of drug-likeness (QED) is 0.619. The molecule has 0 fully saturated rings. The lowest BCUT2D eigenvalue weighted by Crippen LogP contribution is -2.50. The molecule has 0 spiro atoms. The second-order valence-corrected chi connectivity index (χ2v) is 5.05. The lowest BCUT2D eigenvalue weighted by Gasteiger charge is -2.26. The summed E-state index contributed by atoms with van der Waals surface area (Å²) < 4.78 is 4.95. The molecule has 1 aromatic carbocycles. The topological polar surface area (TPSA) is 59.0 Å². The van der Waals surface area contributed by atoms with Crippen molar-refractivity contribution in [2.45, 2.75) is 19.4 Å². The highest BCUT2D eigenvalue weighted by atomic mass is 35.5. The normalized spacial score (nSPS) is 21.4. The molecule has 2 rings (SSSR count). The van der Waals surface area contributed by atoms with Gasteiger partial charge in [0.15, 0.2) is 0 Å². The van der Waals surface area contributed by atoms with Gasteiger partial charge in [-0.3, -0.25) is 9.79 Å². The van der Waals surface area contributed by atoms with Gasteiger partial charge in [0.2, 0.25) is 5.54 Å². The predicted molar refractivity (Wildman–Crippen MR) is 77.5 cm³/mol. The molecule has 1 aliphatic rings. The van der Waals surface area contributed by atoms with Crippen LogP contribution in [-0.2, 0) is 14.3 Å². The second-order valence-electron chi connectivity index (χ2n) is 4.62. The van der Waals surface area contributed by atoms with E-state index in [1.54, 1.807) is 32.2 Å². The Morgan fingerprint density at radius 2 is 2.20 bits per heavy atom. The van der Waals surface area contributed by atoms with Crippen LogP contribution in [0.2, 0.25) is 5.02 Å². The molecule has 1 atom stereocenters.